The van der Waals surface area contributed by atoms with Crippen LogP contribution in [0.15, 0.2) is 0 Å². The molecule has 0 aliphatic carbocycles. The van der Waals surface area contributed by atoms with Gasteiger partial charge >= 0.3 is 5.97 Å². The molecule has 0 saturated carbocycles. The van der Waals surface area contributed by atoms with Crippen LogP contribution in [0.4, 0.5) is 5.13 Å². The predicted molar refractivity (Wildman–Crippen MR) is 71.0 cm³/mol. The lowest BCUT2D eigenvalue weighted by molar-refractivity contribution is -0.117. The number of ether oxygens (including phenoxy) is 1. The molecule has 0 aliphatic rings. The van der Waals surface area contributed by atoms with Crippen molar-refractivity contribution < 1.29 is 19.4 Å². The molecular weight excluding hydrogens is 300 g/mol. The summed E-state index contributed by atoms with van der Waals surface area (Å²) in [7, 11) is 1.53. The van der Waals surface area contributed by atoms with Gasteiger partial charge in [0.15, 0.2) is 5.69 Å². The average molecular weight is 312 g/mol. The van der Waals surface area contributed by atoms with Crippen LogP contribution >= 0.6 is 11.3 Å². The van der Waals surface area contributed by atoms with Crippen LogP contribution in [0.25, 0.3) is 0 Å². The minimum atomic E-state index is -1.19. The Morgan fingerprint density at radius 2 is 2.14 bits per heavy atom. The fourth-order valence-corrected chi connectivity index (χ4v) is 2.22. The van der Waals surface area contributed by atoms with Crippen molar-refractivity contribution in [1.82, 2.24) is 25.2 Å². The molecule has 0 saturated heterocycles. The summed E-state index contributed by atoms with van der Waals surface area (Å²) in [5, 5.41) is 27.1. The summed E-state index contributed by atoms with van der Waals surface area (Å²) in [5.41, 5.74) is 0.121. The third kappa shape index (κ3) is 3.58. The Labute approximate surface area is 122 Å². The molecule has 112 valence electrons. The molecule has 2 heterocycles. The highest BCUT2D eigenvalue weighted by atomic mass is 32.1. The van der Waals surface area contributed by atoms with E-state index in [9.17, 15) is 9.59 Å². The lowest BCUT2D eigenvalue weighted by Crippen LogP contribution is -2.20. The van der Waals surface area contributed by atoms with Crippen LogP contribution in [0.3, 0.4) is 0 Å². The zero-order valence-electron chi connectivity index (χ0n) is 11.2. The fraction of sp³-hybridized carbons (Fsp3) is 0.400. The van der Waals surface area contributed by atoms with E-state index in [1.54, 1.807) is 0 Å². The molecule has 0 aromatic carbocycles. The van der Waals surface area contributed by atoms with E-state index in [-0.39, 0.29) is 12.2 Å². The number of hydrogen-bond acceptors (Lipinski definition) is 8. The molecule has 0 unspecified atom stereocenters. The minimum absolute atomic E-state index is 0.161. The van der Waals surface area contributed by atoms with Crippen LogP contribution in [-0.4, -0.2) is 49.3 Å². The lowest BCUT2D eigenvalue weighted by atomic mass is 10.3. The van der Waals surface area contributed by atoms with Gasteiger partial charge in [-0.3, -0.25) is 10.1 Å². The molecule has 10 nitrogen and oxygen atoms in total. The first-order valence-electron chi connectivity index (χ1n) is 5.75. The SMILES string of the molecule is COCc1nnc(NC(=O)Cn2nnc(C(=O)O)c2C)s1. The summed E-state index contributed by atoms with van der Waals surface area (Å²) >= 11 is 1.19. The predicted octanol–water partition coefficient (Wildman–Crippen LogP) is -0.0787. The van der Waals surface area contributed by atoms with Crippen molar-refractivity contribution in [2.75, 3.05) is 12.4 Å². The summed E-state index contributed by atoms with van der Waals surface area (Å²) in [6, 6.07) is 0. The second-order valence-electron chi connectivity index (χ2n) is 3.97. The molecule has 0 spiro atoms. The number of nitrogens with zero attached hydrogens (tertiary/aromatic N) is 5. The van der Waals surface area contributed by atoms with E-state index >= 15 is 0 Å². The van der Waals surface area contributed by atoms with Gasteiger partial charge in [0.2, 0.25) is 11.0 Å². The lowest BCUT2D eigenvalue weighted by Gasteiger charge is -2.02. The smallest absolute Gasteiger partial charge is 0.358 e. The normalized spacial score (nSPS) is 10.6. The molecule has 21 heavy (non-hydrogen) atoms. The van der Waals surface area contributed by atoms with E-state index in [4.69, 9.17) is 9.84 Å². The number of nitrogens with one attached hydrogen (secondary N) is 1. The van der Waals surface area contributed by atoms with Crippen molar-refractivity contribution in [2.45, 2.75) is 20.1 Å². The van der Waals surface area contributed by atoms with Crippen LogP contribution in [0, 0.1) is 6.92 Å². The van der Waals surface area contributed by atoms with Crippen LogP contribution in [0.5, 0.6) is 0 Å². The van der Waals surface area contributed by atoms with Crippen molar-refractivity contribution >= 4 is 28.3 Å². The Balaban J connectivity index is 1.99. The molecule has 0 fully saturated rings. The number of aromatic nitrogens is 5. The molecule has 2 N–H and O–H groups in total. The third-order valence-electron chi connectivity index (χ3n) is 2.46. The molecule has 0 atom stereocenters. The Morgan fingerprint density at radius 1 is 1.38 bits per heavy atom. The van der Waals surface area contributed by atoms with Crippen LogP contribution < -0.4 is 5.32 Å². The zero-order valence-corrected chi connectivity index (χ0v) is 12.0. The second kappa shape index (κ2) is 6.37. The second-order valence-corrected chi connectivity index (χ2v) is 5.03. The maximum absolute atomic E-state index is 11.8. The number of carbonyl (C=O) groups is 2. The Kier molecular flexibility index (Phi) is 4.55. The van der Waals surface area contributed by atoms with Gasteiger partial charge in [-0.1, -0.05) is 16.6 Å². The molecule has 1 amide bonds. The van der Waals surface area contributed by atoms with Crippen molar-refractivity contribution in [2.24, 2.45) is 0 Å². The van der Waals surface area contributed by atoms with Crippen molar-refractivity contribution in [1.29, 1.82) is 0 Å². The van der Waals surface area contributed by atoms with Gasteiger partial charge in [-0.2, -0.15) is 0 Å². The number of anilines is 1. The van der Waals surface area contributed by atoms with Gasteiger partial charge in [0.25, 0.3) is 0 Å². The fourth-order valence-electron chi connectivity index (χ4n) is 1.49. The van der Waals surface area contributed by atoms with Gasteiger partial charge in [-0.25, -0.2) is 9.48 Å². The highest BCUT2D eigenvalue weighted by Crippen LogP contribution is 2.15. The van der Waals surface area contributed by atoms with Gasteiger partial charge in [0.1, 0.15) is 18.2 Å². The number of aromatic carboxylic acids is 1. The van der Waals surface area contributed by atoms with Gasteiger partial charge in [0, 0.05) is 7.11 Å². The van der Waals surface area contributed by atoms with E-state index < -0.39 is 11.9 Å². The number of hydrogen-bond donors (Lipinski definition) is 2. The quantitative estimate of drug-likeness (QED) is 0.757. The largest absolute Gasteiger partial charge is 0.476 e. The van der Waals surface area contributed by atoms with Crippen LogP contribution in [0.2, 0.25) is 0 Å². The van der Waals surface area contributed by atoms with E-state index in [0.29, 0.717) is 22.4 Å². The van der Waals surface area contributed by atoms with E-state index in [2.05, 4.69) is 25.8 Å². The summed E-state index contributed by atoms with van der Waals surface area (Å²) < 4.78 is 6.10. The Hall–Kier alpha value is -2.40. The van der Waals surface area contributed by atoms with Crippen LogP contribution in [-0.2, 0) is 22.7 Å². The first-order chi connectivity index (χ1) is 10.0. The molecule has 0 radical (unpaired) electrons. The standard InChI is InChI=1S/C10H12N6O4S/c1-5-8(9(18)19)13-15-16(5)3-6(17)11-10-14-12-7(21-10)4-20-2/h3-4H2,1-2H3,(H,18,19)(H,11,14,17). The van der Waals surface area contributed by atoms with Crippen molar-refractivity contribution in [3.63, 3.8) is 0 Å². The molecule has 11 heteroatoms. The van der Waals surface area contributed by atoms with Gasteiger partial charge in [-0.05, 0) is 6.92 Å². The van der Waals surface area contributed by atoms with Crippen LogP contribution in [0.1, 0.15) is 21.2 Å². The zero-order chi connectivity index (χ0) is 15.4. The van der Waals surface area contributed by atoms with Crippen molar-refractivity contribution in [3.05, 3.63) is 16.4 Å². The van der Waals surface area contributed by atoms with Gasteiger partial charge in [-0.15, -0.1) is 15.3 Å². The molecule has 0 bridgehead atoms. The number of carbonyl (C=O) groups excluding carboxylic acids is 1. The summed E-state index contributed by atoms with van der Waals surface area (Å²) in [6.45, 7) is 1.68. The number of rotatable bonds is 6. The highest BCUT2D eigenvalue weighted by molar-refractivity contribution is 7.15. The Bertz CT molecular complexity index is 666. The third-order valence-corrected chi connectivity index (χ3v) is 3.27. The number of carboxylic acids is 1. The maximum Gasteiger partial charge on any atom is 0.358 e. The molecule has 2 aromatic heterocycles. The number of methoxy groups -OCH3 is 1. The number of carboxylic acid groups (broad SMARTS) is 1. The molecule has 2 aromatic rings. The average Bonchev–Trinajstić information content (AvgIpc) is 2.98. The first kappa shape index (κ1) is 15.0. The summed E-state index contributed by atoms with van der Waals surface area (Å²) in [5.74, 6) is -1.59. The maximum atomic E-state index is 11.8. The van der Waals surface area contributed by atoms with Gasteiger partial charge < -0.3 is 9.84 Å². The van der Waals surface area contributed by atoms with E-state index in [1.807, 2.05) is 0 Å². The Morgan fingerprint density at radius 3 is 2.76 bits per heavy atom. The highest BCUT2D eigenvalue weighted by Gasteiger charge is 2.17. The summed E-state index contributed by atoms with van der Waals surface area (Å²) in [4.78, 5) is 22.7. The van der Waals surface area contributed by atoms with E-state index in [0.717, 1.165) is 0 Å². The number of amides is 1. The monoisotopic (exact) mass is 312 g/mol. The minimum Gasteiger partial charge on any atom is -0.476 e. The first-order valence-corrected chi connectivity index (χ1v) is 6.57. The van der Waals surface area contributed by atoms with Gasteiger partial charge in [0.05, 0.1) is 5.69 Å². The molecular formula is C10H12N6O4S. The molecule has 0 aliphatic heterocycles. The van der Waals surface area contributed by atoms with E-state index in [1.165, 1.54) is 30.1 Å². The summed E-state index contributed by atoms with van der Waals surface area (Å²) in [6.07, 6.45) is 0. The molecule has 2 rings (SSSR count). The topological polar surface area (TPSA) is 132 Å². The van der Waals surface area contributed by atoms with Crippen molar-refractivity contribution in [3.8, 4) is 0 Å².